The quantitative estimate of drug-likeness (QED) is 0.880. The lowest BCUT2D eigenvalue weighted by Crippen LogP contribution is -1.98. The molecule has 0 amide bonds. The number of aryl methyl sites for hydroxylation is 1. The van der Waals surface area contributed by atoms with Crippen molar-refractivity contribution in [3.05, 3.63) is 41.6 Å². The zero-order valence-corrected chi connectivity index (χ0v) is 10.5. The Balaban J connectivity index is 2.41. The first kappa shape index (κ1) is 11.7. The van der Waals surface area contributed by atoms with Crippen LogP contribution in [0.25, 0.3) is 5.69 Å². The van der Waals surface area contributed by atoms with E-state index in [9.17, 15) is 5.11 Å². The normalized spacial score (nSPS) is 11.1. The molecule has 0 aliphatic carbocycles. The van der Waals surface area contributed by atoms with Gasteiger partial charge < -0.3 is 5.11 Å². The Kier molecular flexibility index (Phi) is 3.18. The number of aromatic nitrogens is 2. The van der Waals surface area contributed by atoms with Gasteiger partial charge in [-0.1, -0.05) is 32.0 Å². The molecule has 3 heteroatoms. The van der Waals surface area contributed by atoms with Crippen molar-refractivity contribution in [3.63, 3.8) is 0 Å². The van der Waals surface area contributed by atoms with E-state index in [1.54, 1.807) is 10.9 Å². The highest BCUT2D eigenvalue weighted by atomic mass is 16.3. The van der Waals surface area contributed by atoms with Gasteiger partial charge in [0.25, 0.3) is 0 Å². The van der Waals surface area contributed by atoms with E-state index in [1.165, 1.54) is 0 Å². The summed E-state index contributed by atoms with van der Waals surface area (Å²) in [6.07, 6.45) is 2.60. The van der Waals surface area contributed by atoms with Gasteiger partial charge in [0.05, 0.1) is 11.9 Å². The van der Waals surface area contributed by atoms with E-state index in [0.717, 1.165) is 23.2 Å². The van der Waals surface area contributed by atoms with Gasteiger partial charge in [-0.15, -0.1) is 0 Å². The maximum atomic E-state index is 10.2. The Bertz CT molecular complexity index is 515. The van der Waals surface area contributed by atoms with Gasteiger partial charge in [-0.3, -0.25) is 0 Å². The standard InChI is InChI=1S/C14H18N2O/c1-10(2)8-12-9-15-16(14(12)17)13-7-5-4-6-11(13)3/h4-7,9-10,17H,8H2,1-3H3. The SMILES string of the molecule is Cc1ccccc1-n1ncc(CC(C)C)c1O. The average Bonchev–Trinajstić information content (AvgIpc) is 2.61. The van der Waals surface area contributed by atoms with Crippen LogP contribution in [0.3, 0.4) is 0 Å². The Morgan fingerprint density at radius 2 is 2.00 bits per heavy atom. The molecule has 0 fully saturated rings. The second-order valence-corrected chi connectivity index (χ2v) is 4.79. The molecule has 1 N–H and O–H groups in total. The maximum absolute atomic E-state index is 10.2. The molecule has 0 spiro atoms. The van der Waals surface area contributed by atoms with Crippen LogP contribution in [-0.2, 0) is 6.42 Å². The van der Waals surface area contributed by atoms with Crippen molar-refractivity contribution in [1.82, 2.24) is 9.78 Å². The summed E-state index contributed by atoms with van der Waals surface area (Å²) in [5, 5.41) is 14.4. The largest absolute Gasteiger partial charge is 0.493 e. The summed E-state index contributed by atoms with van der Waals surface area (Å²) >= 11 is 0. The van der Waals surface area contributed by atoms with Crippen LogP contribution in [0, 0.1) is 12.8 Å². The zero-order chi connectivity index (χ0) is 12.4. The molecule has 0 saturated carbocycles. The van der Waals surface area contributed by atoms with Crippen molar-refractivity contribution >= 4 is 0 Å². The molecule has 0 aliphatic rings. The van der Waals surface area contributed by atoms with E-state index < -0.39 is 0 Å². The van der Waals surface area contributed by atoms with Crippen molar-refractivity contribution in [2.75, 3.05) is 0 Å². The smallest absolute Gasteiger partial charge is 0.217 e. The Morgan fingerprint density at radius 1 is 1.29 bits per heavy atom. The molecule has 1 aromatic heterocycles. The first-order valence-corrected chi connectivity index (χ1v) is 5.91. The Labute approximate surface area is 102 Å². The lowest BCUT2D eigenvalue weighted by Gasteiger charge is -2.07. The van der Waals surface area contributed by atoms with E-state index in [-0.39, 0.29) is 5.88 Å². The van der Waals surface area contributed by atoms with Crippen LogP contribution >= 0.6 is 0 Å². The molecule has 0 bridgehead atoms. The Morgan fingerprint density at radius 3 is 2.65 bits per heavy atom. The third-order valence-electron chi connectivity index (χ3n) is 2.79. The molecule has 3 nitrogen and oxygen atoms in total. The molecular formula is C14H18N2O. The number of hydrogen-bond acceptors (Lipinski definition) is 2. The molecule has 1 aromatic carbocycles. The first-order chi connectivity index (χ1) is 8.09. The number of aromatic hydroxyl groups is 1. The lowest BCUT2D eigenvalue weighted by molar-refractivity contribution is 0.424. The zero-order valence-electron chi connectivity index (χ0n) is 10.5. The highest BCUT2D eigenvalue weighted by molar-refractivity contribution is 5.43. The van der Waals surface area contributed by atoms with Crippen molar-refractivity contribution in [3.8, 4) is 11.6 Å². The summed E-state index contributed by atoms with van der Waals surface area (Å²) in [5.41, 5.74) is 2.94. The fourth-order valence-corrected chi connectivity index (χ4v) is 1.94. The molecule has 90 valence electrons. The summed E-state index contributed by atoms with van der Waals surface area (Å²) in [5.74, 6) is 0.767. The maximum Gasteiger partial charge on any atom is 0.217 e. The van der Waals surface area contributed by atoms with Crippen molar-refractivity contribution in [2.45, 2.75) is 27.2 Å². The Hall–Kier alpha value is -1.77. The first-order valence-electron chi connectivity index (χ1n) is 5.91. The minimum Gasteiger partial charge on any atom is -0.493 e. The van der Waals surface area contributed by atoms with Crippen molar-refractivity contribution < 1.29 is 5.11 Å². The van der Waals surface area contributed by atoms with Crippen molar-refractivity contribution in [2.24, 2.45) is 5.92 Å². The van der Waals surface area contributed by atoms with Gasteiger partial charge in [-0.05, 0) is 30.9 Å². The molecule has 17 heavy (non-hydrogen) atoms. The summed E-state index contributed by atoms with van der Waals surface area (Å²) in [6, 6.07) is 7.90. The summed E-state index contributed by atoms with van der Waals surface area (Å²) in [7, 11) is 0. The minimum atomic E-state index is 0.257. The molecule has 0 aliphatic heterocycles. The molecule has 2 aromatic rings. The summed E-state index contributed by atoms with van der Waals surface area (Å²) in [4.78, 5) is 0. The van der Waals surface area contributed by atoms with Gasteiger partial charge in [0.1, 0.15) is 0 Å². The second-order valence-electron chi connectivity index (χ2n) is 4.79. The average molecular weight is 230 g/mol. The second kappa shape index (κ2) is 4.62. The van der Waals surface area contributed by atoms with Gasteiger partial charge in [0.15, 0.2) is 0 Å². The fraction of sp³-hybridized carbons (Fsp3) is 0.357. The van der Waals surface area contributed by atoms with Gasteiger partial charge in [0.2, 0.25) is 5.88 Å². The van der Waals surface area contributed by atoms with Gasteiger partial charge in [0, 0.05) is 5.56 Å². The van der Waals surface area contributed by atoms with Crippen LogP contribution in [0.2, 0.25) is 0 Å². The molecule has 0 saturated heterocycles. The van der Waals surface area contributed by atoms with Gasteiger partial charge in [-0.25, -0.2) is 4.68 Å². The molecule has 2 rings (SSSR count). The topological polar surface area (TPSA) is 38.0 Å². The van der Waals surface area contributed by atoms with E-state index in [2.05, 4.69) is 18.9 Å². The predicted molar refractivity (Wildman–Crippen MR) is 68.5 cm³/mol. The summed E-state index contributed by atoms with van der Waals surface area (Å²) in [6.45, 7) is 6.27. The molecule has 0 unspecified atom stereocenters. The number of nitrogens with zero attached hydrogens (tertiary/aromatic N) is 2. The summed E-state index contributed by atoms with van der Waals surface area (Å²) < 4.78 is 1.60. The number of benzene rings is 1. The predicted octanol–water partition coefficient (Wildman–Crippen LogP) is 3.08. The van der Waals surface area contributed by atoms with E-state index in [4.69, 9.17) is 0 Å². The van der Waals surface area contributed by atoms with Gasteiger partial charge >= 0.3 is 0 Å². The lowest BCUT2D eigenvalue weighted by atomic mass is 10.1. The number of hydrogen-bond donors (Lipinski definition) is 1. The van der Waals surface area contributed by atoms with Crippen LogP contribution in [0.4, 0.5) is 0 Å². The number of rotatable bonds is 3. The third kappa shape index (κ3) is 2.33. The third-order valence-corrected chi connectivity index (χ3v) is 2.79. The van der Waals surface area contributed by atoms with Crippen LogP contribution in [0.1, 0.15) is 25.0 Å². The molecule has 1 heterocycles. The highest BCUT2D eigenvalue weighted by Gasteiger charge is 2.13. The van der Waals surface area contributed by atoms with Crippen LogP contribution in [-0.4, -0.2) is 14.9 Å². The molecule has 0 radical (unpaired) electrons. The van der Waals surface area contributed by atoms with Crippen molar-refractivity contribution in [1.29, 1.82) is 0 Å². The monoisotopic (exact) mass is 230 g/mol. The van der Waals surface area contributed by atoms with E-state index >= 15 is 0 Å². The molecule has 0 atom stereocenters. The van der Waals surface area contributed by atoms with Crippen LogP contribution < -0.4 is 0 Å². The highest BCUT2D eigenvalue weighted by Crippen LogP contribution is 2.24. The van der Waals surface area contributed by atoms with Gasteiger partial charge in [-0.2, -0.15) is 5.10 Å². The van der Waals surface area contributed by atoms with E-state index in [0.29, 0.717) is 5.92 Å². The van der Waals surface area contributed by atoms with Crippen LogP contribution in [0.5, 0.6) is 5.88 Å². The minimum absolute atomic E-state index is 0.257. The van der Waals surface area contributed by atoms with E-state index in [1.807, 2.05) is 31.2 Å². The van der Waals surface area contributed by atoms with Crippen LogP contribution in [0.15, 0.2) is 30.5 Å². The number of para-hydroxylation sites is 1. The fourth-order valence-electron chi connectivity index (χ4n) is 1.94. The molecular weight excluding hydrogens is 212 g/mol.